The Morgan fingerprint density at radius 2 is 2.14 bits per heavy atom. The highest BCUT2D eigenvalue weighted by molar-refractivity contribution is 5.95. The molecule has 1 aromatic carbocycles. The van der Waals surface area contributed by atoms with Crippen molar-refractivity contribution in [3.8, 4) is 5.75 Å². The Morgan fingerprint density at radius 3 is 2.86 bits per heavy atom. The van der Waals surface area contributed by atoms with Gasteiger partial charge in [0.1, 0.15) is 5.75 Å². The van der Waals surface area contributed by atoms with Gasteiger partial charge < -0.3 is 14.7 Å². The third-order valence-electron chi connectivity index (χ3n) is 5.44. The zero-order valence-electron chi connectivity index (χ0n) is 13.5. The van der Waals surface area contributed by atoms with Crippen LogP contribution in [0.25, 0.3) is 0 Å². The second-order valence-corrected chi connectivity index (χ2v) is 6.81. The molecule has 2 fully saturated rings. The number of piperidine rings is 1. The molecule has 1 heterocycles. The van der Waals surface area contributed by atoms with Gasteiger partial charge in [-0.25, -0.2) is 0 Å². The van der Waals surface area contributed by atoms with Gasteiger partial charge in [-0.05, 0) is 56.4 Å². The van der Waals surface area contributed by atoms with Crippen molar-refractivity contribution in [1.29, 1.82) is 0 Å². The number of phenols is 1. The minimum absolute atomic E-state index is 0.0818. The van der Waals surface area contributed by atoms with E-state index in [9.17, 15) is 9.90 Å². The molecule has 1 aromatic rings. The van der Waals surface area contributed by atoms with Gasteiger partial charge >= 0.3 is 0 Å². The summed E-state index contributed by atoms with van der Waals surface area (Å²) in [5.41, 5.74) is 1.68. The monoisotopic (exact) mass is 303 g/mol. The normalized spacial score (nSPS) is 28.3. The number of benzene rings is 1. The maximum absolute atomic E-state index is 12.9. The topological polar surface area (TPSA) is 49.8 Å². The van der Waals surface area contributed by atoms with Gasteiger partial charge in [-0.1, -0.05) is 6.42 Å². The number of likely N-dealkylation sites (tertiary alicyclic amines) is 1. The molecular weight excluding hydrogens is 278 g/mol. The first-order valence-corrected chi connectivity index (χ1v) is 8.17. The molecular formula is C18H25NO3. The molecule has 22 heavy (non-hydrogen) atoms. The van der Waals surface area contributed by atoms with E-state index in [0.29, 0.717) is 5.56 Å². The molecule has 1 spiro atoms. The maximum atomic E-state index is 12.9. The van der Waals surface area contributed by atoms with Crippen molar-refractivity contribution in [2.45, 2.75) is 45.1 Å². The van der Waals surface area contributed by atoms with E-state index in [1.165, 1.54) is 6.42 Å². The molecule has 1 aliphatic carbocycles. The quantitative estimate of drug-likeness (QED) is 0.913. The minimum atomic E-state index is 0.0818. The van der Waals surface area contributed by atoms with E-state index < -0.39 is 0 Å². The van der Waals surface area contributed by atoms with Gasteiger partial charge in [0, 0.05) is 31.2 Å². The van der Waals surface area contributed by atoms with Crippen molar-refractivity contribution < 1.29 is 14.6 Å². The Morgan fingerprint density at radius 1 is 1.36 bits per heavy atom. The average Bonchev–Trinajstić information content (AvgIpc) is 2.88. The largest absolute Gasteiger partial charge is 0.508 e. The summed E-state index contributed by atoms with van der Waals surface area (Å²) in [5.74, 6) is 0.290. The summed E-state index contributed by atoms with van der Waals surface area (Å²) < 4.78 is 5.71. The number of nitrogens with zero attached hydrogens (tertiary/aromatic N) is 1. The fourth-order valence-corrected chi connectivity index (χ4v) is 4.33. The lowest BCUT2D eigenvalue weighted by Gasteiger charge is -2.43. The van der Waals surface area contributed by atoms with E-state index >= 15 is 0 Å². The summed E-state index contributed by atoms with van der Waals surface area (Å²) in [6, 6.07) is 4.98. The molecule has 4 nitrogen and oxygen atoms in total. The Labute approximate surface area is 132 Å². The zero-order valence-corrected chi connectivity index (χ0v) is 13.5. The highest BCUT2D eigenvalue weighted by Gasteiger charge is 2.46. The standard InChI is InChI=1S/C18H25NO3/c1-13-11-14(20)6-7-15(13)17(21)19-10-4-9-18(12-19)8-3-5-16(18)22-2/h6-7,11,16,20H,3-5,8-10,12H2,1-2H3/t16-,18-/m1/s1. The first-order valence-electron chi connectivity index (χ1n) is 8.17. The summed E-state index contributed by atoms with van der Waals surface area (Å²) >= 11 is 0. The number of methoxy groups -OCH3 is 1. The van der Waals surface area contributed by atoms with E-state index in [1.807, 2.05) is 11.8 Å². The number of hydrogen-bond acceptors (Lipinski definition) is 3. The third-order valence-corrected chi connectivity index (χ3v) is 5.44. The fourth-order valence-electron chi connectivity index (χ4n) is 4.33. The number of carbonyl (C=O) groups is 1. The Balaban J connectivity index is 1.81. The Hall–Kier alpha value is -1.55. The van der Waals surface area contributed by atoms with Crippen molar-refractivity contribution in [3.63, 3.8) is 0 Å². The summed E-state index contributed by atoms with van der Waals surface area (Å²) in [5, 5.41) is 9.52. The minimum Gasteiger partial charge on any atom is -0.508 e. The van der Waals surface area contributed by atoms with Crippen molar-refractivity contribution >= 4 is 5.91 Å². The van der Waals surface area contributed by atoms with Crippen LogP contribution in [0, 0.1) is 12.3 Å². The van der Waals surface area contributed by atoms with Crippen LogP contribution in [0.3, 0.4) is 0 Å². The molecule has 0 bridgehead atoms. The number of rotatable bonds is 2. The SMILES string of the molecule is CO[C@@H]1CCC[C@]12CCCN(C(=O)c1ccc(O)cc1C)C2. The van der Waals surface area contributed by atoms with Crippen LogP contribution in [0.1, 0.15) is 48.0 Å². The van der Waals surface area contributed by atoms with Crippen molar-refractivity contribution in [2.24, 2.45) is 5.41 Å². The van der Waals surface area contributed by atoms with Crippen molar-refractivity contribution in [1.82, 2.24) is 4.90 Å². The van der Waals surface area contributed by atoms with E-state index in [0.717, 1.165) is 44.3 Å². The van der Waals surface area contributed by atoms with E-state index in [4.69, 9.17) is 4.74 Å². The van der Waals surface area contributed by atoms with Gasteiger partial charge in [-0.15, -0.1) is 0 Å². The fraction of sp³-hybridized carbons (Fsp3) is 0.611. The van der Waals surface area contributed by atoms with Crippen LogP contribution in [-0.2, 0) is 4.74 Å². The predicted molar refractivity (Wildman–Crippen MR) is 85.1 cm³/mol. The molecule has 2 aliphatic rings. The maximum Gasteiger partial charge on any atom is 0.254 e. The molecule has 2 atom stereocenters. The van der Waals surface area contributed by atoms with Crippen LogP contribution in [0.15, 0.2) is 18.2 Å². The first-order chi connectivity index (χ1) is 10.6. The lowest BCUT2D eigenvalue weighted by molar-refractivity contribution is -0.0295. The summed E-state index contributed by atoms with van der Waals surface area (Å²) in [7, 11) is 1.79. The Kier molecular flexibility index (Phi) is 4.13. The molecule has 0 unspecified atom stereocenters. The average molecular weight is 303 g/mol. The number of carbonyl (C=O) groups excluding carboxylic acids is 1. The smallest absolute Gasteiger partial charge is 0.254 e. The number of hydrogen-bond donors (Lipinski definition) is 1. The predicted octanol–water partition coefficient (Wildman–Crippen LogP) is 3.12. The van der Waals surface area contributed by atoms with Crippen LogP contribution < -0.4 is 0 Å². The number of aromatic hydroxyl groups is 1. The third kappa shape index (κ3) is 2.60. The van der Waals surface area contributed by atoms with Gasteiger partial charge in [-0.2, -0.15) is 0 Å². The second kappa shape index (κ2) is 5.92. The van der Waals surface area contributed by atoms with Gasteiger partial charge in [-0.3, -0.25) is 4.79 Å². The van der Waals surface area contributed by atoms with Crippen molar-refractivity contribution in [3.05, 3.63) is 29.3 Å². The Bertz CT molecular complexity index is 571. The summed E-state index contributed by atoms with van der Waals surface area (Å²) in [4.78, 5) is 14.9. The summed E-state index contributed by atoms with van der Waals surface area (Å²) in [6.45, 7) is 3.49. The van der Waals surface area contributed by atoms with Crippen LogP contribution in [-0.4, -0.2) is 42.2 Å². The van der Waals surface area contributed by atoms with E-state index in [1.54, 1.807) is 25.3 Å². The molecule has 1 aliphatic heterocycles. The molecule has 120 valence electrons. The molecule has 1 saturated carbocycles. The summed E-state index contributed by atoms with van der Waals surface area (Å²) in [6.07, 6.45) is 5.94. The molecule has 3 rings (SSSR count). The first kappa shape index (κ1) is 15.3. The van der Waals surface area contributed by atoms with Gasteiger partial charge in [0.15, 0.2) is 0 Å². The van der Waals surface area contributed by atoms with Gasteiger partial charge in [0.05, 0.1) is 6.10 Å². The lowest BCUT2D eigenvalue weighted by atomic mass is 9.76. The molecule has 1 N–H and O–H groups in total. The number of phenolic OH excluding ortho intramolecular Hbond substituents is 1. The van der Waals surface area contributed by atoms with Crippen LogP contribution in [0.2, 0.25) is 0 Å². The number of ether oxygens (including phenoxy) is 1. The van der Waals surface area contributed by atoms with Crippen LogP contribution >= 0.6 is 0 Å². The number of aryl methyl sites for hydroxylation is 1. The second-order valence-electron chi connectivity index (χ2n) is 6.81. The van der Waals surface area contributed by atoms with Gasteiger partial charge in [0.2, 0.25) is 0 Å². The molecule has 0 radical (unpaired) electrons. The van der Waals surface area contributed by atoms with Crippen molar-refractivity contribution in [2.75, 3.05) is 20.2 Å². The van der Waals surface area contributed by atoms with Crippen LogP contribution in [0.5, 0.6) is 5.75 Å². The zero-order chi connectivity index (χ0) is 15.7. The van der Waals surface area contributed by atoms with Crippen LogP contribution in [0.4, 0.5) is 0 Å². The highest BCUT2D eigenvalue weighted by atomic mass is 16.5. The molecule has 1 amide bonds. The molecule has 0 aromatic heterocycles. The van der Waals surface area contributed by atoms with Gasteiger partial charge in [0.25, 0.3) is 5.91 Å². The highest BCUT2D eigenvalue weighted by Crippen LogP contribution is 2.46. The van der Waals surface area contributed by atoms with E-state index in [2.05, 4.69) is 0 Å². The molecule has 1 saturated heterocycles. The number of amides is 1. The van der Waals surface area contributed by atoms with E-state index in [-0.39, 0.29) is 23.2 Å². The molecule has 4 heteroatoms. The lowest BCUT2D eigenvalue weighted by Crippen LogP contribution is -2.49.